The Morgan fingerprint density at radius 2 is 2.15 bits per heavy atom. The van der Waals surface area contributed by atoms with Gasteiger partial charge in [0.2, 0.25) is 0 Å². The summed E-state index contributed by atoms with van der Waals surface area (Å²) in [6.45, 7) is 3.07. The van der Waals surface area contributed by atoms with Crippen molar-refractivity contribution in [2.75, 3.05) is 11.9 Å². The van der Waals surface area contributed by atoms with E-state index in [0.29, 0.717) is 0 Å². The molecule has 0 aliphatic rings. The molecule has 0 aliphatic heterocycles. The smallest absolute Gasteiger partial charge is 0.345 e. The third kappa shape index (κ3) is 3.67. The Morgan fingerprint density at radius 1 is 1.50 bits per heavy atom. The number of nitrogens with one attached hydrogen (secondary N) is 1. The van der Waals surface area contributed by atoms with Gasteiger partial charge >= 0.3 is 11.9 Å². The molecule has 8 heteroatoms. The monoisotopic (exact) mass is 282 g/mol. The predicted octanol–water partition coefficient (Wildman–Crippen LogP) is 1.66. The van der Waals surface area contributed by atoms with E-state index >= 15 is 0 Å². The normalized spacial score (nSPS) is 11.5. The van der Waals surface area contributed by atoms with Gasteiger partial charge in [0.25, 0.3) is 5.69 Å². The molecule has 8 nitrogen and oxygen atoms in total. The number of carbonyl (C=O) groups is 2. The molecule has 2 N–H and O–H groups in total. The standard InChI is InChI=1S/C12H14N2O6/c1-3-20-12(17)9-6-8(13-7(2)11(15)16)4-5-10(9)14(18)19/h4-7,13H,3H2,1-2H3,(H,15,16)/t7-/m0/s1. The number of nitro groups is 1. The summed E-state index contributed by atoms with van der Waals surface area (Å²) < 4.78 is 4.74. The third-order valence-electron chi connectivity index (χ3n) is 2.44. The highest BCUT2D eigenvalue weighted by atomic mass is 16.6. The molecule has 0 heterocycles. The maximum Gasteiger partial charge on any atom is 0.345 e. The number of carboxylic acid groups (broad SMARTS) is 1. The number of nitro benzene ring substituents is 1. The largest absolute Gasteiger partial charge is 0.480 e. The summed E-state index contributed by atoms with van der Waals surface area (Å²) in [5.41, 5.74) is -0.329. The molecule has 1 aromatic carbocycles. The summed E-state index contributed by atoms with van der Waals surface area (Å²) in [6, 6.07) is 2.77. The first kappa shape index (κ1) is 15.4. The van der Waals surface area contributed by atoms with E-state index in [-0.39, 0.29) is 17.9 Å². The van der Waals surface area contributed by atoms with Crippen LogP contribution < -0.4 is 5.32 Å². The number of hydrogen-bond donors (Lipinski definition) is 2. The SMILES string of the molecule is CCOC(=O)c1cc(N[C@@H](C)C(=O)O)ccc1[N+](=O)[O-]. The molecule has 0 fully saturated rings. The Hall–Kier alpha value is -2.64. The second kappa shape index (κ2) is 6.50. The van der Waals surface area contributed by atoms with Gasteiger partial charge in [-0.1, -0.05) is 0 Å². The van der Waals surface area contributed by atoms with Crippen molar-refractivity contribution in [2.24, 2.45) is 0 Å². The number of esters is 1. The first-order valence-electron chi connectivity index (χ1n) is 5.81. The maximum absolute atomic E-state index is 11.7. The quantitative estimate of drug-likeness (QED) is 0.462. The second-order valence-electron chi connectivity index (χ2n) is 3.91. The van der Waals surface area contributed by atoms with E-state index in [4.69, 9.17) is 9.84 Å². The molecule has 0 amide bonds. The zero-order valence-corrected chi connectivity index (χ0v) is 11.0. The zero-order valence-electron chi connectivity index (χ0n) is 11.0. The fourth-order valence-electron chi connectivity index (χ4n) is 1.47. The van der Waals surface area contributed by atoms with E-state index in [1.54, 1.807) is 6.92 Å². The summed E-state index contributed by atoms with van der Waals surface area (Å²) in [6.07, 6.45) is 0. The predicted molar refractivity (Wildman–Crippen MR) is 69.8 cm³/mol. The average Bonchev–Trinajstić information content (AvgIpc) is 2.38. The molecule has 0 aliphatic carbocycles. The van der Waals surface area contributed by atoms with Crippen LogP contribution in [0.5, 0.6) is 0 Å². The van der Waals surface area contributed by atoms with Crippen LogP contribution in [-0.4, -0.2) is 34.6 Å². The Balaban J connectivity index is 3.13. The van der Waals surface area contributed by atoms with Gasteiger partial charge in [-0.25, -0.2) is 4.79 Å². The minimum atomic E-state index is -1.08. The van der Waals surface area contributed by atoms with Crippen LogP contribution in [0.25, 0.3) is 0 Å². The number of benzene rings is 1. The van der Waals surface area contributed by atoms with Crippen molar-refractivity contribution in [3.05, 3.63) is 33.9 Å². The molecule has 0 saturated heterocycles. The summed E-state index contributed by atoms with van der Waals surface area (Å²) >= 11 is 0. The van der Waals surface area contributed by atoms with Crippen LogP contribution >= 0.6 is 0 Å². The van der Waals surface area contributed by atoms with Crippen LogP contribution in [0.2, 0.25) is 0 Å². The van der Waals surface area contributed by atoms with Crippen molar-refractivity contribution >= 4 is 23.3 Å². The fourth-order valence-corrected chi connectivity index (χ4v) is 1.47. The molecule has 0 bridgehead atoms. The lowest BCUT2D eigenvalue weighted by molar-refractivity contribution is -0.385. The molecule has 1 rings (SSSR count). The van der Waals surface area contributed by atoms with Crippen molar-refractivity contribution < 1.29 is 24.4 Å². The average molecular weight is 282 g/mol. The summed E-state index contributed by atoms with van der Waals surface area (Å²) in [4.78, 5) is 32.6. The van der Waals surface area contributed by atoms with Gasteiger partial charge in [0, 0.05) is 11.8 Å². The third-order valence-corrected chi connectivity index (χ3v) is 2.44. The molecule has 0 spiro atoms. The molecule has 0 aromatic heterocycles. The van der Waals surface area contributed by atoms with Crippen LogP contribution in [0.15, 0.2) is 18.2 Å². The van der Waals surface area contributed by atoms with Crippen LogP contribution in [0, 0.1) is 10.1 Å². The first-order valence-corrected chi connectivity index (χ1v) is 5.81. The molecule has 20 heavy (non-hydrogen) atoms. The van der Waals surface area contributed by atoms with Gasteiger partial charge in [-0.05, 0) is 26.0 Å². The lowest BCUT2D eigenvalue weighted by atomic mass is 10.1. The highest BCUT2D eigenvalue weighted by molar-refractivity contribution is 5.95. The van der Waals surface area contributed by atoms with Gasteiger partial charge < -0.3 is 15.2 Å². The Bertz CT molecular complexity index is 543. The number of nitrogens with zero attached hydrogens (tertiary/aromatic N) is 1. The number of carboxylic acids is 1. The van der Waals surface area contributed by atoms with E-state index < -0.39 is 28.6 Å². The zero-order chi connectivity index (χ0) is 15.3. The van der Waals surface area contributed by atoms with Crippen LogP contribution in [-0.2, 0) is 9.53 Å². The number of anilines is 1. The van der Waals surface area contributed by atoms with E-state index in [1.807, 2.05) is 0 Å². The Kier molecular flexibility index (Phi) is 5.01. The van der Waals surface area contributed by atoms with Crippen molar-refractivity contribution in [1.82, 2.24) is 0 Å². The van der Waals surface area contributed by atoms with E-state index in [1.165, 1.54) is 19.1 Å². The number of carbonyl (C=O) groups excluding carboxylic acids is 1. The molecule has 0 saturated carbocycles. The van der Waals surface area contributed by atoms with E-state index in [9.17, 15) is 19.7 Å². The maximum atomic E-state index is 11.7. The highest BCUT2D eigenvalue weighted by Gasteiger charge is 2.22. The molecular weight excluding hydrogens is 268 g/mol. The van der Waals surface area contributed by atoms with Crippen LogP contribution in [0.3, 0.4) is 0 Å². The lowest BCUT2D eigenvalue weighted by Gasteiger charge is -2.11. The molecule has 0 radical (unpaired) electrons. The molecule has 108 valence electrons. The summed E-state index contributed by atoms with van der Waals surface area (Å²) in [5, 5.41) is 22.3. The highest BCUT2D eigenvalue weighted by Crippen LogP contribution is 2.24. The number of aliphatic carboxylic acids is 1. The fraction of sp³-hybridized carbons (Fsp3) is 0.333. The van der Waals surface area contributed by atoms with E-state index in [0.717, 1.165) is 6.07 Å². The van der Waals surface area contributed by atoms with E-state index in [2.05, 4.69) is 5.32 Å². The Labute approximate surface area is 114 Å². The molecular formula is C12H14N2O6. The van der Waals surface area contributed by atoms with Gasteiger partial charge in [-0.15, -0.1) is 0 Å². The minimum Gasteiger partial charge on any atom is -0.480 e. The van der Waals surface area contributed by atoms with Crippen molar-refractivity contribution in [1.29, 1.82) is 0 Å². The van der Waals surface area contributed by atoms with Crippen molar-refractivity contribution in [2.45, 2.75) is 19.9 Å². The molecule has 0 unspecified atom stereocenters. The second-order valence-corrected chi connectivity index (χ2v) is 3.91. The summed E-state index contributed by atoms with van der Waals surface area (Å²) in [7, 11) is 0. The van der Waals surface area contributed by atoms with Crippen LogP contribution in [0.4, 0.5) is 11.4 Å². The topological polar surface area (TPSA) is 119 Å². The van der Waals surface area contributed by atoms with Gasteiger partial charge in [0.15, 0.2) is 0 Å². The minimum absolute atomic E-state index is 0.0825. The number of hydrogen-bond acceptors (Lipinski definition) is 6. The lowest BCUT2D eigenvalue weighted by Crippen LogP contribution is -2.25. The molecule has 1 atom stereocenters. The van der Waals surface area contributed by atoms with Gasteiger partial charge in [0.05, 0.1) is 11.5 Å². The van der Waals surface area contributed by atoms with Gasteiger partial charge in [-0.2, -0.15) is 0 Å². The van der Waals surface area contributed by atoms with Crippen molar-refractivity contribution in [3.63, 3.8) is 0 Å². The first-order chi connectivity index (χ1) is 9.36. The molecule has 1 aromatic rings. The van der Waals surface area contributed by atoms with Crippen LogP contribution in [0.1, 0.15) is 24.2 Å². The Morgan fingerprint density at radius 3 is 2.65 bits per heavy atom. The van der Waals surface area contributed by atoms with Crippen molar-refractivity contribution in [3.8, 4) is 0 Å². The number of ether oxygens (including phenoxy) is 1. The van der Waals surface area contributed by atoms with Gasteiger partial charge in [0.1, 0.15) is 11.6 Å². The summed E-state index contributed by atoms with van der Waals surface area (Å²) in [5.74, 6) is -1.91. The number of rotatable bonds is 6. The van der Waals surface area contributed by atoms with Gasteiger partial charge in [-0.3, -0.25) is 14.9 Å².